The van der Waals surface area contributed by atoms with E-state index in [0.29, 0.717) is 0 Å². The van der Waals surface area contributed by atoms with Crippen LogP contribution in [-0.4, -0.2) is 92.6 Å². The van der Waals surface area contributed by atoms with Crippen molar-refractivity contribution in [2.75, 3.05) is 114 Å². The molecule has 4 rings (SSSR count). The molecular formula is C45H69Cl3N6SiTi. The van der Waals surface area contributed by atoms with Gasteiger partial charge in [0.2, 0.25) is 0 Å². The summed E-state index contributed by atoms with van der Waals surface area (Å²) in [5.41, 5.74) is 21.5. The van der Waals surface area contributed by atoms with Gasteiger partial charge in [-0.05, 0) is 109 Å². The number of anilines is 6. The SMILES string of the molecule is Cc1cc(N(C)C)c(C)c(N(C)C)c1[Si](c1c(C)cc(N(C)C)c(C)c1N(C)C)(c1c(C)cc(N(C)C)c(C)c1N(C)C)c1c(C)c(C)c(C)[c-]1C.[Cl-].[Cl-].[Cl-].[Ti+4]. The molecular weight excluding hydrogens is 807 g/mol. The average Bonchev–Trinajstić information content (AvgIpc) is 3.22. The molecule has 11 heteroatoms. The van der Waals surface area contributed by atoms with E-state index >= 15 is 0 Å². The molecule has 0 heterocycles. The molecule has 0 aliphatic heterocycles. The molecule has 0 radical (unpaired) electrons. The van der Waals surface area contributed by atoms with Gasteiger partial charge in [0.05, 0.1) is 0 Å². The summed E-state index contributed by atoms with van der Waals surface area (Å²) in [5.74, 6) is 0. The summed E-state index contributed by atoms with van der Waals surface area (Å²) in [6.45, 7) is 23.7. The van der Waals surface area contributed by atoms with Crippen LogP contribution in [0.15, 0.2) is 18.2 Å². The number of hydrogen-bond donors (Lipinski definition) is 0. The smallest absolute Gasteiger partial charge is 1.00 e. The molecule has 0 amide bonds. The molecule has 0 bridgehead atoms. The number of nitrogens with zero attached hydrogens (tertiary/aromatic N) is 6. The summed E-state index contributed by atoms with van der Waals surface area (Å²) < 4.78 is 0. The molecule has 0 aliphatic rings. The second kappa shape index (κ2) is 19.6. The maximum absolute atomic E-state index is 3.30. The Balaban J connectivity index is 0.00000756. The van der Waals surface area contributed by atoms with Crippen molar-refractivity contribution in [3.63, 3.8) is 0 Å². The molecule has 0 aromatic heterocycles. The van der Waals surface area contributed by atoms with Crippen molar-refractivity contribution in [1.29, 1.82) is 0 Å². The summed E-state index contributed by atoms with van der Waals surface area (Å²) in [6.07, 6.45) is 0. The van der Waals surface area contributed by atoms with Crippen LogP contribution in [0.2, 0.25) is 0 Å². The topological polar surface area (TPSA) is 19.4 Å². The maximum Gasteiger partial charge on any atom is 4.00 e. The zero-order valence-electron chi connectivity index (χ0n) is 38.5. The van der Waals surface area contributed by atoms with Gasteiger partial charge in [-0.25, -0.2) is 0 Å². The van der Waals surface area contributed by atoms with Crippen LogP contribution in [0.3, 0.4) is 0 Å². The molecule has 4 aromatic carbocycles. The summed E-state index contributed by atoms with van der Waals surface area (Å²) in [7, 11) is 23.3. The molecule has 0 unspecified atom stereocenters. The molecule has 0 spiro atoms. The van der Waals surface area contributed by atoms with Gasteiger partial charge >= 0.3 is 21.7 Å². The zero-order chi connectivity index (χ0) is 39.6. The number of aryl methyl sites for hydroxylation is 3. The van der Waals surface area contributed by atoms with Gasteiger partial charge in [0, 0.05) is 119 Å². The molecule has 0 saturated carbocycles. The van der Waals surface area contributed by atoms with E-state index in [1.807, 2.05) is 0 Å². The van der Waals surface area contributed by atoms with Gasteiger partial charge in [-0.1, -0.05) is 27.7 Å². The molecule has 4 aromatic rings. The molecule has 308 valence electrons. The summed E-state index contributed by atoms with van der Waals surface area (Å²) in [5, 5.41) is 6.01. The monoisotopic (exact) mass is 874 g/mol. The predicted molar refractivity (Wildman–Crippen MR) is 239 cm³/mol. The van der Waals surface area contributed by atoms with Crippen LogP contribution in [0.4, 0.5) is 34.1 Å². The third-order valence-electron chi connectivity index (χ3n) is 11.9. The minimum absolute atomic E-state index is 0. The quantitative estimate of drug-likeness (QED) is 0.0975. The number of benzene rings is 3. The van der Waals surface area contributed by atoms with Crippen LogP contribution < -0.4 is 87.4 Å². The minimum Gasteiger partial charge on any atom is -1.00 e. The Hall–Kier alpha value is -2.39. The minimum atomic E-state index is -3.30. The van der Waals surface area contributed by atoms with Crippen LogP contribution in [0, 0.1) is 69.2 Å². The average molecular weight is 876 g/mol. The molecule has 6 nitrogen and oxygen atoms in total. The van der Waals surface area contributed by atoms with Crippen LogP contribution in [0.5, 0.6) is 0 Å². The van der Waals surface area contributed by atoms with E-state index in [0.717, 1.165) is 0 Å². The first-order valence-corrected chi connectivity index (χ1v) is 20.7. The molecule has 0 aliphatic carbocycles. The van der Waals surface area contributed by atoms with E-state index in [9.17, 15) is 0 Å². The molecule has 56 heavy (non-hydrogen) atoms. The third kappa shape index (κ3) is 8.38. The first-order chi connectivity index (χ1) is 24.0. The first kappa shape index (κ1) is 53.6. The Morgan fingerprint density at radius 2 is 0.643 bits per heavy atom. The van der Waals surface area contributed by atoms with Crippen LogP contribution >= 0.6 is 0 Å². The van der Waals surface area contributed by atoms with Gasteiger partial charge in [-0.2, -0.15) is 27.4 Å². The summed E-state index contributed by atoms with van der Waals surface area (Å²) >= 11 is 0. The number of halogens is 3. The van der Waals surface area contributed by atoms with Gasteiger partial charge in [-0.15, -0.1) is 0 Å². The van der Waals surface area contributed by atoms with Gasteiger partial charge in [0.15, 0.2) is 8.07 Å². The van der Waals surface area contributed by atoms with E-state index in [2.05, 4.69) is 201 Å². The van der Waals surface area contributed by atoms with Crippen LogP contribution in [0.25, 0.3) is 0 Å². The van der Waals surface area contributed by atoms with Crippen molar-refractivity contribution >= 4 is 62.9 Å². The van der Waals surface area contributed by atoms with Gasteiger partial charge in [0.1, 0.15) is 0 Å². The van der Waals surface area contributed by atoms with Crippen molar-refractivity contribution in [1.82, 2.24) is 0 Å². The van der Waals surface area contributed by atoms with Crippen LogP contribution in [0.1, 0.15) is 55.6 Å². The largest absolute Gasteiger partial charge is 4.00 e. The maximum atomic E-state index is 2.48. The second-order valence-corrected chi connectivity index (χ2v) is 20.2. The Kier molecular flexibility index (Phi) is 18.7. The van der Waals surface area contributed by atoms with E-state index in [-0.39, 0.29) is 58.9 Å². The van der Waals surface area contributed by atoms with Gasteiger partial charge in [-0.3, -0.25) is 0 Å². The number of hydrogen-bond acceptors (Lipinski definition) is 6. The molecule has 0 N–H and O–H groups in total. The Morgan fingerprint density at radius 3 is 0.821 bits per heavy atom. The third-order valence-corrected chi connectivity index (χ3v) is 17.5. The van der Waals surface area contributed by atoms with E-state index < -0.39 is 8.07 Å². The fourth-order valence-corrected chi connectivity index (χ4v) is 17.0. The van der Waals surface area contributed by atoms with Gasteiger partial charge in [0.25, 0.3) is 0 Å². The van der Waals surface area contributed by atoms with E-state index in [1.165, 1.54) is 111 Å². The van der Waals surface area contributed by atoms with Crippen molar-refractivity contribution in [3.8, 4) is 0 Å². The first-order valence-electron chi connectivity index (χ1n) is 18.7. The Bertz CT molecular complexity index is 1820. The van der Waals surface area contributed by atoms with Crippen molar-refractivity contribution in [3.05, 3.63) is 73.8 Å². The normalized spacial score (nSPS) is 10.8. The van der Waals surface area contributed by atoms with Crippen molar-refractivity contribution < 1.29 is 58.9 Å². The molecule has 0 saturated heterocycles. The molecule has 0 fully saturated rings. The van der Waals surface area contributed by atoms with Gasteiger partial charge < -0.3 is 66.6 Å². The predicted octanol–water partition coefficient (Wildman–Crippen LogP) is -2.73. The zero-order valence-corrected chi connectivity index (χ0v) is 43.4. The fraction of sp³-hybridized carbons (Fsp3) is 0.489. The van der Waals surface area contributed by atoms with Crippen molar-refractivity contribution in [2.24, 2.45) is 0 Å². The number of rotatable bonds is 10. The Morgan fingerprint density at radius 1 is 0.393 bits per heavy atom. The van der Waals surface area contributed by atoms with E-state index in [1.54, 1.807) is 0 Å². The second-order valence-electron chi connectivity index (χ2n) is 16.7. The van der Waals surface area contributed by atoms with Crippen molar-refractivity contribution in [2.45, 2.75) is 69.2 Å². The summed E-state index contributed by atoms with van der Waals surface area (Å²) in [4.78, 5) is 14.1. The Labute approximate surface area is 376 Å². The summed E-state index contributed by atoms with van der Waals surface area (Å²) in [6, 6.07) is 7.43. The standard InChI is InChI=1S/C45H69N6Si.3ClH.Ti/c1-26-23-36(46(11)12)33(8)39(49(17)18)42(26)52(45-31(6)29(4)30(5)32(45)7,43-27(2)24-37(47(13)14)34(9)40(43)50(19)20)44-28(3)25-38(48(15)16)35(10)41(44)51(21)22;;;;/h23-25H,1-22H3;3*1H;/q-1;;;;+4/p-3. The fourth-order valence-electron chi connectivity index (χ4n) is 9.67. The molecule has 0 atom stereocenters. The van der Waals surface area contributed by atoms with E-state index in [4.69, 9.17) is 0 Å². The van der Waals surface area contributed by atoms with Crippen LogP contribution in [-0.2, 0) is 21.7 Å².